The van der Waals surface area contributed by atoms with Crippen molar-refractivity contribution in [1.29, 1.82) is 0 Å². The van der Waals surface area contributed by atoms with E-state index in [4.69, 9.17) is 0 Å². The number of benzene rings is 7. The molecule has 0 heterocycles. The van der Waals surface area contributed by atoms with Crippen LogP contribution in [-0.4, -0.2) is 0 Å². The molecule has 4 bridgehead atoms. The topological polar surface area (TPSA) is 3.24 Å². The van der Waals surface area contributed by atoms with Crippen molar-refractivity contribution >= 4 is 17.1 Å². The Morgan fingerprint density at radius 2 is 0.981 bits per heavy atom. The van der Waals surface area contributed by atoms with Gasteiger partial charge in [-0.25, -0.2) is 0 Å². The third kappa shape index (κ3) is 4.27. The van der Waals surface area contributed by atoms with Crippen LogP contribution in [0.5, 0.6) is 0 Å². The predicted molar refractivity (Wildman–Crippen MR) is 223 cm³/mol. The van der Waals surface area contributed by atoms with Gasteiger partial charge in [0.15, 0.2) is 0 Å². The van der Waals surface area contributed by atoms with Crippen molar-refractivity contribution in [3.05, 3.63) is 198 Å². The molecule has 13 rings (SSSR count). The van der Waals surface area contributed by atoms with Gasteiger partial charge in [-0.2, -0.15) is 0 Å². The molecule has 0 amide bonds. The Balaban J connectivity index is 1.06. The second kappa shape index (κ2) is 11.7. The maximum absolute atomic E-state index is 2.57. The highest BCUT2D eigenvalue weighted by Gasteiger charge is 2.61. The standard InChI is InChI=1S/C53H43N/c1-2-13-36(14-3-1)42-17-9-11-24-51(42)54(40-16-12-15-37(32-40)52-46-21-6-4-18-43(46)44-19-5-7-22-47(44)52)41-25-26-50-48(33-41)45-20-8-10-23-49(45)53(50)38-28-34-27-35(30-38)31-39(53)29-34/h1-26,32-35,38-39,52H,27-31H2. The molecule has 0 aromatic heterocycles. The Labute approximate surface area is 319 Å². The summed E-state index contributed by atoms with van der Waals surface area (Å²) in [5, 5.41) is 0. The van der Waals surface area contributed by atoms with Gasteiger partial charge in [0, 0.05) is 28.3 Å². The van der Waals surface area contributed by atoms with Crippen LogP contribution in [-0.2, 0) is 5.41 Å². The molecule has 0 atom stereocenters. The second-order valence-electron chi connectivity index (χ2n) is 16.9. The summed E-state index contributed by atoms with van der Waals surface area (Å²) in [6.45, 7) is 0. The molecular formula is C53H43N. The molecule has 260 valence electrons. The molecule has 7 aromatic carbocycles. The fourth-order valence-electron chi connectivity index (χ4n) is 12.6. The Hall–Kier alpha value is -5.66. The Bertz CT molecular complexity index is 2520. The molecule has 1 nitrogen and oxygen atoms in total. The van der Waals surface area contributed by atoms with Gasteiger partial charge in [-0.05, 0) is 142 Å². The SMILES string of the molecule is c1ccc(-c2ccccc2N(c2cccc(C3c4ccccc4-c4ccccc43)c2)c2ccc3c(c2)-c2ccccc2C32C3CC4CC(C3)CC2C4)cc1. The monoisotopic (exact) mass is 693 g/mol. The molecule has 54 heavy (non-hydrogen) atoms. The van der Waals surface area contributed by atoms with Crippen LogP contribution in [0.2, 0.25) is 0 Å². The smallest absolute Gasteiger partial charge is 0.0540 e. The Kier molecular flexibility index (Phi) is 6.65. The van der Waals surface area contributed by atoms with Crippen LogP contribution in [0.15, 0.2) is 170 Å². The van der Waals surface area contributed by atoms with Gasteiger partial charge in [0.1, 0.15) is 0 Å². The first kappa shape index (κ1) is 30.8. The molecule has 4 saturated carbocycles. The molecular weight excluding hydrogens is 651 g/mol. The zero-order valence-corrected chi connectivity index (χ0v) is 30.5. The highest BCUT2D eigenvalue weighted by Crippen LogP contribution is 2.69. The van der Waals surface area contributed by atoms with Crippen molar-refractivity contribution in [2.75, 3.05) is 4.90 Å². The lowest BCUT2D eigenvalue weighted by molar-refractivity contribution is -0.0399. The summed E-state index contributed by atoms with van der Waals surface area (Å²) in [5.74, 6) is 3.57. The van der Waals surface area contributed by atoms with Gasteiger partial charge in [0.05, 0.1) is 5.69 Å². The number of rotatable bonds is 5. The first-order valence-corrected chi connectivity index (χ1v) is 20.2. The highest BCUT2D eigenvalue weighted by molar-refractivity contribution is 5.92. The zero-order chi connectivity index (χ0) is 35.4. The van der Waals surface area contributed by atoms with Crippen LogP contribution >= 0.6 is 0 Å². The minimum absolute atomic E-state index is 0.161. The fourth-order valence-corrected chi connectivity index (χ4v) is 12.6. The van der Waals surface area contributed by atoms with Gasteiger partial charge < -0.3 is 4.90 Å². The van der Waals surface area contributed by atoms with Crippen LogP contribution in [0.3, 0.4) is 0 Å². The Morgan fingerprint density at radius 3 is 1.70 bits per heavy atom. The lowest BCUT2D eigenvalue weighted by Gasteiger charge is -2.61. The summed E-state index contributed by atoms with van der Waals surface area (Å²) in [7, 11) is 0. The zero-order valence-electron chi connectivity index (χ0n) is 30.5. The summed E-state index contributed by atoms with van der Waals surface area (Å²) >= 11 is 0. The third-order valence-electron chi connectivity index (χ3n) is 14.3. The average Bonchev–Trinajstić information content (AvgIpc) is 3.71. The lowest BCUT2D eigenvalue weighted by atomic mass is 9.43. The van der Waals surface area contributed by atoms with E-state index in [0.29, 0.717) is 0 Å². The first-order chi connectivity index (χ1) is 26.8. The fraction of sp³-hybridized carbons (Fsp3) is 0.208. The van der Waals surface area contributed by atoms with Crippen LogP contribution in [0.4, 0.5) is 17.1 Å². The van der Waals surface area contributed by atoms with Gasteiger partial charge in [-0.1, -0.05) is 140 Å². The van der Waals surface area contributed by atoms with E-state index < -0.39 is 0 Å². The van der Waals surface area contributed by atoms with Crippen LogP contribution in [0.1, 0.15) is 65.8 Å². The molecule has 0 radical (unpaired) electrons. The van der Waals surface area contributed by atoms with Crippen LogP contribution < -0.4 is 4.90 Å². The third-order valence-corrected chi connectivity index (χ3v) is 14.3. The van der Waals surface area contributed by atoms with E-state index in [-0.39, 0.29) is 11.3 Å². The molecule has 0 aliphatic heterocycles. The molecule has 7 aromatic rings. The number of fused-ring (bicyclic) bond motifs is 6. The summed E-state index contributed by atoms with van der Waals surface area (Å²) in [5.41, 5.74) is 19.2. The minimum atomic E-state index is 0.161. The molecule has 0 unspecified atom stereocenters. The highest BCUT2D eigenvalue weighted by atomic mass is 15.1. The van der Waals surface area contributed by atoms with Crippen molar-refractivity contribution < 1.29 is 0 Å². The molecule has 1 heteroatoms. The molecule has 0 saturated heterocycles. The van der Waals surface area contributed by atoms with Gasteiger partial charge >= 0.3 is 0 Å². The normalized spacial score (nSPS) is 23.9. The number of para-hydroxylation sites is 1. The molecule has 4 fully saturated rings. The summed E-state index contributed by atoms with van der Waals surface area (Å²) in [4.78, 5) is 2.55. The molecule has 0 N–H and O–H groups in total. The number of hydrogen-bond donors (Lipinski definition) is 0. The summed E-state index contributed by atoms with van der Waals surface area (Å²) in [6, 6.07) is 64.4. The van der Waals surface area contributed by atoms with Crippen molar-refractivity contribution in [1.82, 2.24) is 0 Å². The Morgan fingerprint density at radius 1 is 0.407 bits per heavy atom. The van der Waals surface area contributed by atoms with Gasteiger partial charge in [-0.15, -0.1) is 0 Å². The number of hydrogen-bond acceptors (Lipinski definition) is 1. The van der Waals surface area contributed by atoms with E-state index in [0.717, 1.165) is 23.7 Å². The second-order valence-corrected chi connectivity index (χ2v) is 16.9. The maximum atomic E-state index is 2.57. The minimum Gasteiger partial charge on any atom is -0.310 e. The van der Waals surface area contributed by atoms with E-state index in [1.54, 1.807) is 11.1 Å². The van der Waals surface area contributed by atoms with E-state index in [1.807, 2.05) is 0 Å². The maximum Gasteiger partial charge on any atom is 0.0540 e. The largest absolute Gasteiger partial charge is 0.310 e. The van der Waals surface area contributed by atoms with Gasteiger partial charge in [0.25, 0.3) is 0 Å². The van der Waals surface area contributed by atoms with E-state index >= 15 is 0 Å². The number of nitrogens with zero attached hydrogens (tertiary/aromatic N) is 1. The molecule has 1 spiro atoms. The van der Waals surface area contributed by atoms with Crippen LogP contribution in [0, 0.1) is 23.7 Å². The van der Waals surface area contributed by atoms with E-state index in [2.05, 4.69) is 175 Å². The van der Waals surface area contributed by atoms with Crippen LogP contribution in [0.25, 0.3) is 33.4 Å². The van der Waals surface area contributed by atoms with Crippen molar-refractivity contribution in [3.63, 3.8) is 0 Å². The lowest BCUT2D eigenvalue weighted by Crippen LogP contribution is -2.55. The quantitative estimate of drug-likeness (QED) is 0.173. The van der Waals surface area contributed by atoms with Crippen molar-refractivity contribution in [3.8, 4) is 33.4 Å². The van der Waals surface area contributed by atoms with Crippen molar-refractivity contribution in [2.45, 2.75) is 43.4 Å². The summed E-state index contributed by atoms with van der Waals surface area (Å²) < 4.78 is 0. The molecule has 6 aliphatic carbocycles. The summed E-state index contributed by atoms with van der Waals surface area (Å²) in [6.07, 6.45) is 7.08. The van der Waals surface area contributed by atoms with E-state index in [1.165, 1.54) is 99.2 Å². The van der Waals surface area contributed by atoms with Crippen molar-refractivity contribution in [2.24, 2.45) is 23.7 Å². The molecule has 6 aliphatic rings. The van der Waals surface area contributed by atoms with Gasteiger partial charge in [-0.3, -0.25) is 0 Å². The number of anilines is 3. The average molecular weight is 694 g/mol. The van der Waals surface area contributed by atoms with E-state index in [9.17, 15) is 0 Å². The van der Waals surface area contributed by atoms with Gasteiger partial charge in [0.2, 0.25) is 0 Å². The first-order valence-electron chi connectivity index (χ1n) is 20.2. The predicted octanol–water partition coefficient (Wildman–Crippen LogP) is 13.7.